The first kappa shape index (κ1) is 22.5. The van der Waals surface area contributed by atoms with E-state index in [1.165, 1.54) is 5.56 Å². The van der Waals surface area contributed by atoms with Crippen molar-refractivity contribution in [3.63, 3.8) is 0 Å². The molecule has 0 heterocycles. The van der Waals surface area contributed by atoms with Gasteiger partial charge in [-0.05, 0) is 51.3 Å². The molecule has 24 heavy (non-hydrogen) atoms. The topological polar surface area (TPSA) is 44.1 Å². The van der Waals surface area contributed by atoms with Crippen molar-refractivity contribution < 1.29 is 4.79 Å². The molecule has 0 aromatic heterocycles. The number of Topliss-reactive ketones (excluding diaryl/α,β-unsaturated/α-hetero) is 1. The third-order valence-electron chi connectivity index (χ3n) is 3.95. The lowest BCUT2D eigenvalue weighted by Gasteiger charge is -2.45. The second kappa shape index (κ2) is 9.41. The van der Waals surface area contributed by atoms with Crippen LogP contribution in [-0.2, 0) is 11.2 Å². The Morgan fingerprint density at radius 3 is 2.17 bits per heavy atom. The van der Waals surface area contributed by atoms with Crippen LogP contribution in [0.5, 0.6) is 0 Å². The summed E-state index contributed by atoms with van der Waals surface area (Å²) in [6.07, 6.45) is 2.30. The van der Waals surface area contributed by atoms with Crippen molar-refractivity contribution in [3.8, 4) is 6.07 Å². The van der Waals surface area contributed by atoms with Crippen LogP contribution in [0.2, 0.25) is 0 Å². The molecule has 0 aliphatic rings. The summed E-state index contributed by atoms with van der Waals surface area (Å²) in [4.78, 5) is 15.1. The quantitative estimate of drug-likeness (QED) is 0.154. The molecule has 1 aromatic carbocycles. The number of anilines is 1. The molecule has 0 aliphatic heterocycles. The summed E-state index contributed by atoms with van der Waals surface area (Å²) < 4.78 is -0.363. The number of carbonyl (C=O) groups is 1. The van der Waals surface area contributed by atoms with E-state index in [0.29, 0.717) is 11.4 Å². The van der Waals surface area contributed by atoms with Gasteiger partial charge >= 0.3 is 0 Å². The lowest BCUT2D eigenvalue weighted by molar-refractivity contribution is -0.120. The lowest BCUT2D eigenvalue weighted by Crippen LogP contribution is -2.61. The predicted octanol–water partition coefficient (Wildman–Crippen LogP) is 5.99. The number of nitrogens with zero attached hydrogens (tertiary/aromatic N) is 2. The van der Waals surface area contributed by atoms with E-state index in [0.717, 1.165) is 18.5 Å². The van der Waals surface area contributed by atoms with Gasteiger partial charge in [0.15, 0.2) is 5.22 Å². The van der Waals surface area contributed by atoms with Gasteiger partial charge in [-0.15, -0.1) is 0 Å². The van der Waals surface area contributed by atoms with Crippen molar-refractivity contribution in [2.24, 2.45) is 0 Å². The molecular formula is C17H19I3N2OS. The van der Waals surface area contributed by atoms with Crippen LogP contribution in [0, 0.1) is 11.3 Å². The van der Waals surface area contributed by atoms with Gasteiger partial charge in [0, 0.05) is 12.1 Å². The number of ketones is 1. The molecule has 0 spiro atoms. The fourth-order valence-electron chi connectivity index (χ4n) is 2.42. The average molecular weight is 680 g/mol. The SMILES string of the molecule is CC(=O)C(C)(N(C(C)=S)c1ccc(CCCC#N)cc1)C(I)(I)I. The Balaban J connectivity index is 3.24. The first-order chi connectivity index (χ1) is 11.1. The summed E-state index contributed by atoms with van der Waals surface area (Å²) in [5.74, 6) is 0.0722. The van der Waals surface area contributed by atoms with E-state index in [2.05, 4.69) is 73.8 Å². The van der Waals surface area contributed by atoms with Crippen LogP contribution in [0.1, 0.15) is 39.2 Å². The summed E-state index contributed by atoms with van der Waals surface area (Å²) in [6.45, 7) is 5.41. The molecule has 1 rings (SSSR count). The van der Waals surface area contributed by atoms with E-state index >= 15 is 0 Å². The minimum absolute atomic E-state index is 0.0722. The third-order valence-corrected chi connectivity index (χ3v) is 7.28. The second-order valence-electron chi connectivity index (χ2n) is 5.66. The Bertz CT molecular complexity index is 649. The molecule has 130 valence electrons. The first-order valence-corrected chi connectivity index (χ1v) is 11.0. The van der Waals surface area contributed by atoms with E-state index in [4.69, 9.17) is 17.5 Å². The van der Waals surface area contributed by atoms with Crippen LogP contribution in [0.25, 0.3) is 0 Å². The normalized spacial score (nSPS) is 13.7. The molecule has 1 aromatic rings. The lowest BCUT2D eigenvalue weighted by atomic mass is 9.96. The molecule has 0 aliphatic carbocycles. The van der Waals surface area contributed by atoms with Crippen LogP contribution < -0.4 is 4.90 Å². The van der Waals surface area contributed by atoms with Crippen molar-refractivity contribution in [2.75, 3.05) is 4.90 Å². The number of nitriles is 1. The molecule has 0 saturated heterocycles. The van der Waals surface area contributed by atoms with Gasteiger partial charge in [0.25, 0.3) is 0 Å². The van der Waals surface area contributed by atoms with Crippen LogP contribution in [0.3, 0.4) is 0 Å². The standard InChI is InChI=1S/C17H19I3N2OS/c1-12(23)16(3,17(18,19)20)22(13(2)24)15-9-7-14(8-10-15)6-4-5-11-21/h7-10H,4-6H2,1-3H3. The van der Waals surface area contributed by atoms with E-state index < -0.39 is 5.54 Å². The Labute approximate surface area is 190 Å². The Hall–Kier alpha value is 0.460. The summed E-state index contributed by atoms with van der Waals surface area (Å²) in [5, 5.41) is 8.63. The van der Waals surface area contributed by atoms with E-state index in [1.54, 1.807) is 6.92 Å². The molecule has 3 nitrogen and oxygen atoms in total. The molecular weight excluding hydrogens is 661 g/mol. The number of halogens is 3. The predicted molar refractivity (Wildman–Crippen MR) is 130 cm³/mol. The van der Waals surface area contributed by atoms with Crippen molar-refractivity contribution in [2.45, 2.75) is 45.0 Å². The maximum Gasteiger partial charge on any atom is 0.158 e. The maximum absolute atomic E-state index is 12.5. The smallest absolute Gasteiger partial charge is 0.158 e. The number of unbranched alkanes of at least 4 members (excludes halogenated alkanes) is 1. The number of hydrogen-bond donors (Lipinski definition) is 0. The number of aryl methyl sites for hydroxylation is 1. The van der Waals surface area contributed by atoms with Gasteiger partial charge in [0.05, 0.1) is 11.1 Å². The molecule has 0 saturated carbocycles. The van der Waals surface area contributed by atoms with E-state index in [1.807, 2.05) is 43.0 Å². The first-order valence-electron chi connectivity index (χ1n) is 7.40. The van der Waals surface area contributed by atoms with Crippen LogP contribution in [0.4, 0.5) is 5.69 Å². The van der Waals surface area contributed by atoms with Crippen LogP contribution in [-0.4, -0.2) is 15.7 Å². The number of hydrogen-bond acceptors (Lipinski definition) is 3. The van der Waals surface area contributed by atoms with Gasteiger partial charge in [0.2, 0.25) is 0 Å². The molecule has 7 heteroatoms. The Kier molecular flexibility index (Phi) is 8.82. The molecule has 0 bridgehead atoms. The van der Waals surface area contributed by atoms with Gasteiger partial charge in [-0.3, -0.25) is 4.79 Å². The highest BCUT2D eigenvalue weighted by atomic mass is 127. The molecule has 0 fully saturated rings. The Morgan fingerprint density at radius 2 is 1.79 bits per heavy atom. The second-order valence-corrected chi connectivity index (χ2v) is 17.3. The average Bonchev–Trinajstić information content (AvgIpc) is 2.47. The van der Waals surface area contributed by atoms with Gasteiger partial charge in [-0.2, -0.15) is 5.26 Å². The monoisotopic (exact) mass is 680 g/mol. The molecule has 0 N–H and O–H groups in total. The largest absolute Gasteiger partial charge is 0.320 e. The minimum Gasteiger partial charge on any atom is -0.320 e. The fraction of sp³-hybridized carbons (Fsp3) is 0.471. The number of benzene rings is 1. The minimum atomic E-state index is -0.761. The summed E-state index contributed by atoms with van der Waals surface area (Å²) >= 11 is 12.4. The van der Waals surface area contributed by atoms with Crippen molar-refractivity contribution >= 4 is 96.4 Å². The van der Waals surface area contributed by atoms with E-state index in [9.17, 15) is 4.79 Å². The molecule has 1 atom stereocenters. The number of carbonyl (C=O) groups excluding carboxylic acids is 1. The van der Waals surface area contributed by atoms with Crippen LogP contribution >= 0.6 is 80.0 Å². The van der Waals surface area contributed by atoms with Gasteiger partial charge < -0.3 is 4.90 Å². The zero-order chi connectivity index (χ0) is 18.5. The van der Waals surface area contributed by atoms with Crippen molar-refractivity contribution in [1.29, 1.82) is 5.26 Å². The number of alkyl halides is 3. The zero-order valence-electron chi connectivity index (χ0n) is 13.8. The van der Waals surface area contributed by atoms with Crippen LogP contribution in [0.15, 0.2) is 24.3 Å². The Morgan fingerprint density at radius 1 is 1.25 bits per heavy atom. The van der Waals surface area contributed by atoms with Gasteiger partial charge in [0.1, 0.15) is 5.54 Å². The van der Waals surface area contributed by atoms with Crippen molar-refractivity contribution in [3.05, 3.63) is 29.8 Å². The number of rotatable bonds is 7. The highest BCUT2D eigenvalue weighted by Gasteiger charge is 2.52. The van der Waals surface area contributed by atoms with E-state index in [-0.39, 0.29) is 5.22 Å². The number of thiocarbonyl (C=S) groups is 1. The third kappa shape index (κ3) is 5.23. The van der Waals surface area contributed by atoms with Gasteiger partial charge in [-0.1, -0.05) is 92.1 Å². The van der Waals surface area contributed by atoms with Crippen molar-refractivity contribution in [1.82, 2.24) is 0 Å². The summed E-state index contributed by atoms with van der Waals surface area (Å²) in [6, 6.07) is 10.3. The maximum atomic E-state index is 12.5. The molecule has 1 unspecified atom stereocenters. The highest BCUT2D eigenvalue weighted by Crippen LogP contribution is 2.50. The van der Waals surface area contributed by atoms with Gasteiger partial charge in [-0.25, -0.2) is 0 Å². The molecule has 0 radical (unpaired) electrons. The summed E-state index contributed by atoms with van der Waals surface area (Å²) in [5.41, 5.74) is 1.34. The summed E-state index contributed by atoms with van der Waals surface area (Å²) in [7, 11) is 0. The fourth-order valence-corrected chi connectivity index (χ4v) is 4.57. The zero-order valence-corrected chi connectivity index (χ0v) is 21.1. The molecule has 0 amide bonds. The highest BCUT2D eigenvalue weighted by molar-refractivity contribution is 14.3.